The topological polar surface area (TPSA) is 81.2 Å². The molecule has 2 aliphatic heterocycles. The van der Waals surface area contributed by atoms with E-state index in [1.807, 2.05) is 41.3 Å². The second-order valence-corrected chi connectivity index (χ2v) is 10.9. The van der Waals surface area contributed by atoms with Crippen molar-refractivity contribution < 1.29 is 19.5 Å². The highest BCUT2D eigenvalue weighted by atomic mass is 16.4. The van der Waals surface area contributed by atoms with Crippen LogP contribution >= 0.6 is 0 Å². The molecule has 1 fully saturated rings. The van der Waals surface area contributed by atoms with Gasteiger partial charge in [-0.3, -0.25) is 14.5 Å². The zero-order chi connectivity index (χ0) is 29.1. The number of rotatable bonds is 6. The molecule has 0 spiro atoms. The van der Waals surface area contributed by atoms with E-state index in [-0.39, 0.29) is 30.8 Å². The zero-order valence-electron chi connectivity index (χ0n) is 23.3. The first kappa shape index (κ1) is 27.4. The number of aliphatic carboxylic acids is 1. The number of nitrogens with zero attached hydrogens (tertiary/aromatic N) is 3. The molecule has 0 aromatic heterocycles. The second-order valence-electron chi connectivity index (χ2n) is 10.9. The van der Waals surface area contributed by atoms with Crippen molar-refractivity contribution in [3.8, 4) is 0 Å². The maximum absolute atomic E-state index is 13.4. The zero-order valence-corrected chi connectivity index (χ0v) is 23.3. The average molecular weight is 560 g/mol. The molecule has 1 saturated heterocycles. The van der Waals surface area contributed by atoms with Gasteiger partial charge >= 0.3 is 5.97 Å². The Kier molecular flexibility index (Phi) is 7.84. The highest BCUT2D eigenvalue weighted by Gasteiger charge is 2.35. The van der Waals surface area contributed by atoms with Gasteiger partial charge < -0.3 is 14.9 Å². The standard InChI is InChI=1S/C35H33N3O4/c39-33(37-21-19-36(20-22-37)32(25-9-3-1-4-10-25)26-11-5-2-6-12-26)27-15-17-28(18-16-27)34(40)38-24-30-14-8-7-13-29(30)23-31(38)35(41)42/h1-18,31-32H,19-24H2,(H,41,42). The molecule has 6 rings (SSSR count). The van der Waals surface area contributed by atoms with Crippen LogP contribution in [0.3, 0.4) is 0 Å². The Hall–Kier alpha value is -4.75. The maximum Gasteiger partial charge on any atom is 0.326 e. The van der Waals surface area contributed by atoms with Gasteiger partial charge in [0.25, 0.3) is 11.8 Å². The molecule has 7 heteroatoms. The summed E-state index contributed by atoms with van der Waals surface area (Å²) in [5.74, 6) is -1.44. The molecule has 1 N–H and O–H groups in total. The first-order valence-corrected chi connectivity index (χ1v) is 14.3. The molecule has 2 amide bonds. The van der Waals surface area contributed by atoms with Crippen molar-refractivity contribution in [2.45, 2.75) is 25.0 Å². The number of hydrogen-bond donors (Lipinski definition) is 1. The van der Waals surface area contributed by atoms with E-state index in [1.54, 1.807) is 24.3 Å². The summed E-state index contributed by atoms with van der Waals surface area (Å²) in [6.07, 6.45) is 0.273. The second kappa shape index (κ2) is 12.0. The van der Waals surface area contributed by atoms with Crippen molar-refractivity contribution in [2.24, 2.45) is 0 Å². The summed E-state index contributed by atoms with van der Waals surface area (Å²) in [6, 6.07) is 34.3. The number of piperazine rings is 1. The Morgan fingerprint density at radius 2 is 1.12 bits per heavy atom. The summed E-state index contributed by atoms with van der Waals surface area (Å²) >= 11 is 0. The van der Waals surface area contributed by atoms with Gasteiger partial charge in [-0.2, -0.15) is 0 Å². The number of amides is 2. The van der Waals surface area contributed by atoms with Crippen LogP contribution in [-0.4, -0.2) is 69.8 Å². The minimum atomic E-state index is -1.02. The van der Waals surface area contributed by atoms with E-state index in [1.165, 1.54) is 16.0 Å². The fraction of sp³-hybridized carbons (Fsp3) is 0.229. The third-order valence-corrected chi connectivity index (χ3v) is 8.37. The quantitative estimate of drug-likeness (QED) is 0.364. The van der Waals surface area contributed by atoms with Gasteiger partial charge in [-0.15, -0.1) is 0 Å². The van der Waals surface area contributed by atoms with E-state index < -0.39 is 12.0 Å². The van der Waals surface area contributed by atoms with Gasteiger partial charge in [-0.1, -0.05) is 84.9 Å². The summed E-state index contributed by atoms with van der Waals surface area (Å²) in [6.45, 7) is 2.92. The monoisotopic (exact) mass is 559 g/mol. The number of benzene rings is 4. The fourth-order valence-corrected chi connectivity index (χ4v) is 6.13. The summed E-state index contributed by atoms with van der Waals surface area (Å²) < 4.78 is 0. The van der Waals surface area contributed by atoms with Gasteiger partial charge in [0.1, 0.15) is 6.04 Å². The lowest BCUT2D eigenvalue weighted by molar-refractivity contribution is -0.142. The molecular weight excluding hydrogens is 526 g/mol. The van der Waals surface area contributed by atoms with Gasteiger partial charge in [0, 0.05) is 50.3 Å². The molecule has 4 aromatic rings. The van der Waals surface area contributed by atoms with Crippen molar-refractivity contribution in [1.29, 1.82) is 0 Å². The molecule has 1 unspecified atom stereocenters. The van der Waals surface area contributed by atoms with Crippen LogP contribution in [0.15, 0.2) is 109 Å². The molecule has 1 atom stereocenters. The Balaban J connectivity index is 1.13. The molecule has 4 aromatic carbocycles. The van der Waals surface area contributed by atoms with Crippen LogP contribution in [0.25, 0.3) is 0 Å². The van der Waals surface area contributed by atoms with E-state index in [0.717, 1.165) is 24.2 Å². The van der Waals surface area contributed by atoms with Crippen molar-refractivity contribution >= 4 is 17.8 Å². The predicted molar refractivity (Wildman–Crippen MR) is 160 cm³/mol. The number of carboxylic acid groups (broad SMARTS) is 1. The van der Waals surface area contributed by atoms with Crippen molar-refractivity contribution in [2.75, 3.05) is 26.2 Å². The summed E-state index contributed by atoms with van der Waals surface area (Å²) in [5.41, 5.74) is 5.25. The smallest absolute Gasteiger partial charge is 0.326 e. The van der Waals surface area contributed by atoms with Gasteiger partial charge in [0.15, 0.2) is 0 Å². The molecule has 0 bridgehead atoms. The molecule has 0 radical (unpaired) electrons. The summed E-state index contributed by atoms with van der Waals surface area (Å²) in [5, 5.41) is 9.83. The number of fused-ring (bicyclic) bond motifs is 1. The first-order chi connectivity index (χ1) is 20.5. The number of carboxylic acids is 1. The highest BCUT2D eigenvalue weighted by molar-refractivity contribution is 5.99. The van der Waals surface area contributed by atoms with Gasteiger partial charge in [-0.05, 0) is 46.5 Å². The Labute approximate surface area is 245 Å². The highest BCUT2D eigenvalue weighted by Crippen LogP contribution is 2.30. The van der Waals surface area contributed by atoms with E-state index >= 15 is 0 Å². The van der Waals surface area contributed by atoms with Gasteiger partial charge in [-0.25, -0.2) is 4.79 Å². The van der Waals surface area contributed by atoms with E-state index in [9.17, 15) is 19.5 Å². The fourth-order valence-electron chi connectivity index (χ4n) is 6.13. The normalized spacial score (nSPS) is 17.1. The first-order valence-electron chi connectivity index (χ1n) is 14.3. The van der Waals surface area contributed by atoms with Gasteiger partial charge in [0.2, 0.25) is 0 Å². The lowest BCUT2D eigenvalue weighted by Gasteiger charge is -2.39. The maximum atomic E-state index is 13.4. The largest absolute Gasteiger partial charge is 0.480 e. The van der Waals surface area contributed by atoms with E-state index in [0.29, 0.717) is 24.2 Å². The lowest BCUT2D eigenvalue weighted by Crippen LogP contribution is -2.50. The van der Waals surface area contributed by atoms with Gasteiger partial charge in [0.05, 0.1) is 6.04 Å². The Bertz CT molecular complexity index is 1530. The Morgan fingerprint density at radius 1 is 0.619 bits per heavy atom. The molecule has 7 nitrogen and oxygen atoms in total. The van der Waals surface area contributed by atoms with Crippen LogP contribution in [0.4, 0.5) is 0 Å². The molecule has 212 valence electrons. The number of carbonyl (C=O) groups is 3. The summed E-state index contributed by atoms with van der Waals surface area (Å²) in [4.78, 5) is 44.5. The van der Waals surface area contributed by atoms with Crippen molar-refractivity contribution in [3.63, 3.8) is 0 Å². The molecule has 0 saturated carbocycles. The lowest BCUT2D eigenvalue weighted by atomic mass is 9.93. The van der Waals surface area contributed by atoms with Crippen LogP contribution in [0.5, 0.6) is 0 Å². The molecular formula is C35H33N3O4. The van der Waals surface area contributed by atoms with Crippen LogP contribution in [0, 0.1) is 0 Å². The van der Waals surface area contributed by atoms with Crippen LogP contribution in [-0.2, 0) is 17.8 Å². The number of carbonyl (C=O) groups excluding carboxylic acids is 2. The third-order valence-electron chi connectivity index (χ3n) is 8.37. The average Bonchev–Trinajstić information content (AvgIpc) is 3.05. The number of hydrogen-bond acceptors (Lipinski definition) is 4. The molecule has 2 aliphatic rings. The van der Waals surface area contributed by atoms with Crippen LogP contribution < -0.4 is 0 Å². The van der Waals surface area contributed by atoms with Crippen molar-refractivity contribution in [3.05, 3.63) is 143 Å². The third kappa shape index (κ3) is 5.56. The minimum absolute atomic E-state index is 0.0695. The minimum Gasteiger partial charge on any atom is -0.480 e. The Morgan fingerprint density at radius 3 is 1.67 bits per heavy atom. The van der Waals surface area contributed by atoms with Crippen LogP contribution in [0.1, 0.15) is 49.0 Å². The van der Waals surface area contributed by atoms with Crippen LogP contribution in [0.2, 0.25) is 0 Å². The van der Waals surface area contributed by atoms with E-state index in [4.69, 9.17) is 0 Å². The molecule has 0 aliphatic carbocycles. The van der Waals surface area contributed by atoms with E-state index in [2.05, 4.69) is 53.4 Å². The molecule has 42 heavy (non-hydrogen) atoms. The summed E-state index contributed by atoms with van der Waals surface area (Å²) in [7, 11) is 0. The van der Waals surface area contributed by atoms with Crippen molar-refractivity contribution in [1.82, 2.24) is 14.7 Å². The predicted octanol–water partition coefficient (Wildman–Crippen LogP) is 4.89. The SMILES string of the molecule is O=C(O)C1Cc2ccccc2CN1C(=O)c1ccc(C(=O)N2CCN(C(c3ccccc3)c3ccccc3)CC2)cc1. The molecule has 2 heterocycles.